The zero-order valence-corrected chi connectivity index (χ0v) is 9.80. The molecule has 0 aromatic carbocycles. The van der Waals surface area contributed by atoms with Gasteiger partial charge in [-0.2, -0.15) is 0 Å². The summed E-state index contributed by atoms with van der Waals surface area (Å²) < 4.78 is 4.62. The number of hydrogen-bond donors (Lipinski definition) is 1. The lowest BCUT2D eigenvalue weighted by Crippen LogP contribution is -2.40. The molecule has 0 atom stereocenters. The van der Waals surface area contributed by atoms with Crippen LogP contribution in [0.5, 0.6) is 0 Å². The van der Waals surface area contributed by atoms with Crippen molar-refractivity contribution >= 4 is 11.8 Å². The van der Waals surface area contributed by atoms with Gasteiger partial charge in [0.1, 0.15) is 5.82 Å². The van der Waals surface area contributed by atoms with Gasteiger partial charge in [0.2, 0.25) is 0 Å². The minimum Gasteiger partial charge on any atom is -0.464 e. The lowest BCUT2D eigenvalue weighted by molar-refractivity contribution is 0.0593. The summed E-state index contributed by atoms with van der Waals surface area (Å²) in [5.74, 6) is 0.243. The van der Waals surface area contributed by atoms with Crippen LogP contribution in [0.3, 0.4) is 0 Å². The van der Waals surface area contributed by atoms with E-state index in [0.29, 0.717) is 5.82 Å². The van der Waals surface area contributed by atoms with Gasteiger partial charge in [0, 0.05) is 19.1 Å². The molecule has 1 saturated heterocycles. The largest absolute Gasteiger partial charge is 0.464 e. The Bertz CT molecular complexity index is 402. The number of nitrogens with zero attached hydrogens (tertiary/aromatic N) is 3. The van der Waals surface area contributed by atoms with Crippen molar-refractivity contribution in [2.75, 3.05) is 25.1 Å². The molecule has 1 aliphatic heterocycles. The highest BCUT2D eigenvalue weighted by Crippen LogP contribution is 2.16. The minimum atomic E-state index is -0.465. The molecule has 1 aromatic rings. The molecule has 1 aliphatic rings. The highest BCUT2D eigenvalue weighted by Gasteiger charge is 2.18. The maximum absolute atomic E-state index is 11.3. The number of aromatic nitrogens is 2. The van der Waals surface area contributed by atoms with Gasteiger partial charge >= 0.3 is 5.97 Å². The van der Waals surface area contributed by atoms with E-state index in [4.69, 9.17) is 5.73 Å². The Kier molecular flexibility index (Phi) is 3.53. The molecule has 2 N–H and O–H groups in total. The summed E-state index contributed by atoms with van der Waals surface area (Å²) >= 11 is 0. The molecule has 0 amide bonds. The SMILES string of the molecule is COC(=O)c1cncc(N2CCC(N)CC2)n1. The van der Waals surface area contributed by atoms with E-state index < -0.39 is 5.97 Å². The average molecular weight is 236 g/mol. The number of nitrogens with two attached hydrogens (primary N) is 1. The van der Waals surface area contributed by atoms with Crippen LogP contribution in [0.4, 0.5) is 5.82 Å². The third kappa shape index (κ3) is 2.71. The summed E-state index contributed by atoms with van der Waals surface area (Å²) in [5.41, 5.74) is 6.07. The molecule has 0 spiro atoms. The fourth-order valence-corrected chi connectivity index (χ4v) is 1.84. The van der Waals surface area contributed by atoms with Crippen molar-refractivity contribution in [3.63, 3.8) is 0 Å². The van der Waals surface area contributed by atoms with Crippen molar-refractivity contribution in [3.05, 3.63) is 18.1 Å². The summed E-state index contributed by atoms with van der Waals surface area (Å²) in [5, 5.41) is 0. The van der Waals surface area contributed by atoms with Crippen molar-refractivity contribution in [3.8, 4) is 0 Å². The van der Waals surface area contributed by atoms with Gasteiger partial charge in [-0.25, -0.2) is 9.78 Å². The van der Waals surface area contributed by atoms with Crippen LogP contribution >= 0.6 is 0 Å². The minimum absolute atomic E-state index is 0.236. The second kappa shape index (κ2) is 5.09. The number of ether oxygens (including phenoxy) is 1. The van der Waals surface area contributed by atoms with Crippen LogP contribution in [-0.4, -0.2) is 42.2 Å². The Hall–Kier alpha value is -1.69. The lowest BCUT2D eigenvalue weighted by Gasteiger charge is -2.30. The summed E-state index contributed by atoms with van der Waals surface area (Å²) in [4.78, 5) is 21.7. The first-order chi connectivity index (χ1) is 8.20. The highest BCUT2D eigenvalue weighted by atomic mass is 16.5. The molecule has 2 rings (SSSR count). The van der Waals surface area contributed by atoms with Crippen molar-refractivity contribution in [2.24, 2.45) is 5.73 Å². The lowest BCUT2D eigenvalue weighted by atomic mass is 10.1. The highest BCUT2D eigenvalue weighted by molar-refractivity contribution is 5.87. The van der Waals surface area contributed by atoms with E-state index in [1.807, 2.05) is 0 Å². The summed E-state index contributed by atoms with van der Waals surface area (Å²) in [7, 11) is 1.33. The van der Waals surface area contributed by atoms with Crippen LogP contribution in [0.1, 0.15) is 23.3 Å². The molecule has 0 aliphatic carbocycles. The van der Waals surface area contributed by atoms with Crippen molar-refractivity contribution in [2.45, 2.75) is 18.9 Å². The summed E-state index contributed by atoms with van der Waals surface area (Å²) in [6.45, 7) is 1.70. The van der Waals surface area contributed by atoms with Crippen LogP contribution < -0.4 is 10.6 Å². The molecule has 92 valence electrons. The zero-order valence-electron chi connectivity index (χ0n) is 9.80. The van der Waals surface area contributed by atoms with E-state index in [2.05, 4.69) is 19.6 Å². The van der Waals surface area contributed by atoms with Crippen molar-refractivity contribution in [1.29, 1.82) is 0 Å². The second-order valence-electron chi connectivity index (χ2n) is 4.08. The predicted molar refractivity (Wildman–Crippen MR) is 62.8 cm³/mol. The quantitative estimate of drug-likeness (QED) is 0.738. The molecular weight excluding hydrogens is 220 g/mol. The van der Waals surface area contributed by atoms with Gasteiger partial charge in [0.15, 0.2) is 5.69 Å². The van der Waals surface area contributed by atoms with E-state index >= 15 is 0 Å². The molecule has 1 aromatic heterocycles. The number of methoxy groups -OCH3 is 1. The number of rotatable bonds is 2. The Balaban J connectivity index is 2.13. The summed E-state index contributed by atoms with van der Waals surface area (Å²) in [6, 6.07) is 0.267. The van der Waals surface area contributed by atoms with Crippen molar-refractivity contribution in [1.82, 2.24) is 9.97 Å². The maximum atomic E-state index is 11.3. The molecule has 6 nitrogen and oxygen atoms in total. The molecule has 17 heavy (non-hydrogen) atoms. The van der Waals surface area contributed by atoms with Crippen LogP contribution in [0.25, 0.3) is 0 Å². The van der Waals surface area contributed by atoms with Crippen molar-refractivity contribution < 1.29 is 9.53 Å². The fourth-order valence-electron chi connectivity index (χ4n) is 1.84. The molecule has 2 heterocycles. The van der Waals surface area contributed by atoms with E-state index in [0.717, 1.165) is 25.9 Å². The second-order valence-corrected chi connectivity index (χ2v) is 4.08. The number of carbonyl (C=O) groups excluding carboxylic acids is 1. The van der Waals surface area contributed by atoms with E-state index in [-0.39, 0.29) is 11.7 Å². The first kappa shape index (κ1) is 11.8. The standard InChI is InChI=1S/C11H16N4O2/c1-17-11(16)9-6-13-7-10(14-9)15-4-2-8(12)3-5-15/h6-8H,2-5,12H2,1H3. The normalized spacial score (nSPS) is 16.9. The van der Waals surface area contributed by atoms with E-state index in [9.17, 15) is 4.79 Å². The molecular formula is C11H16N4O2. The molecule has 6 heteroatoms. The Morgan fingerprint density at radius 2 is 2.18 bits per heavy atom. The molecule has 1 fully saturated rings. The number of carbonyl (C=O) groups is 1. The monoisotopic (exact) mass is 236 g/mol. The molecule has 0 saturated carbocycles. The van der Waals surface area contributed by atoms with Crippen LogP contribution in [0, 0.1) is 0 Å². The maximum Gasteiger partial charge on any atom is 0.358 e. The average Bonchev–Trinajstić information content (AvgIpc) is 2.39. The number of anilines is 1. The Labute approximate surface area is 99.8 Å². The predicted octanol–water partition coefficient (Wildman–Crippen LogP) is 0.191. The first-order valence-electron chi connectivity index (χ1n) is 5.61. The fraction of sp³-hybridized carbons (Fsp3) is 0.545. The third-order valence-corrected chi connectivity index (χ3v) is 2.88. The van der Waals surface area contributed by atoms with Gasteiger partial charge in [0.05, 0.1) is 19.5 Å². The molecule has 0 bridgehead atoms. The van der Waals surface area contributed by atoms with Gasteiger partial charge in [0.25, 0.3) is 0 Å². The van der Waals surface area contributed by atoms with Gasteiger partial charge < -0.3 is 15.4 Å². The van der Waals surface area contributed by atoms with Gasteiger partial charge in [-0.15, -0.1) is 0 Å². The van der Waals surface area contributed by atoms with Gasteiger partial charge in [-0.05, 0) is 12.8 Å². The Morgan fingerprint density at radius 1 is 1.47 bits per heavy atom. The third-order valence-electron chi connectivity index (χ3n) is 2.88. The van der Waals surface area contributed by atoms with Crippen LogP contribution in [0.2, 0.25) is 0 Å². The topological polar surface area (TPSA) is 81.3 Å². The number of esters is 1. The Morgan fingerprint density at radius 3 is 2.82 bits per heavy atom. The number of hydrogen-bond acceptors (Lipinski definition) is 6. The number of piperidine rings is 1. The summed E-state index contributed by atoms with van der Waals surface area (Å²) in [6.07, 6.45) is 4.93. The van der Waals surface area contributed by atoms with Gasteiger partial charge in [-0.1, -0.05) is 0 Å². The van der Waals surface area contributed by atoms with Crippen LogP contribution in [0.15, 0.2) is 12.4 Å². The molecule has 0 unspecified atom stereocenters. The smallest absolute Gasteiger partial charge is 0.358 e. The van der Waals surface area contributed by atoms with E-state index in [1.165, 1.54) is 13.3 Å². The molecule has 0 radical (unpaired) electrons. The van der Waals surface area contributed by atoms with E-state index in [1.54, 1.807) is 6.20 Å². The zero-order chi connectivity index (χ0) is 12.3. The van der Waals surface area contributed by atoms with Crippen LogP contribution in [-0.2, 0) is 4.74 Å². The first-order valence-corrected chi connectivity index (χ1v) is 5.61. The van der Waals surface area contributed by atoms with Gasteiger partial charge in [-0.3, -0.25) is 4.98 Å².